The fourth-order valence-electron chi connectivity index (χ4n) is 4.61. The minimum absolute atomic E-state index is 0.418. The average Bonchev–Trinajstić information content (AvgIpc) is 3.06. The van der Waals surface area contributed by atoms with E-state index in [1.54, 1.807) is 0 Å². The van der Waals surface area contributed by atoms with Gasteiger partial charge in [-0.1, -0.05) is 115 Å². The zero-order valence-electron chi connectivity index (χ0n) is 23.5. The van der Waals surface area contributed by atoms with Crippen molar-refractivity contribution in [3.05, 3.63) is 166 Å². The summed E-state index contributed by atoms with van der Waals surface area (Å²) >= 11 is 6.64. The molecule has 0 amide bonds. The van der Waals surface area contributed by atoms with Crippen molar-refractivity contribution in [3.8, 4) is 17.2 Å². The Morgan fingerprint density at radius 2 is 1.02 bits per heavy atom. The summed E-state index contributed by atoms with van der Waals surface area (Å²) in [6.45, 7) is 1.42. The van der Waals surface area contributed by atoms with Gasteiger partial charge in [-0.3, -0.25) is 0 Å². The van der Waals surface area contributed by atoms with Gasteiger partial charge < -0.3 is 14.2 Å². The van der Waals surface area contributed by atoms with Gasteiger partial charge in [0.05, 0.1) is 5.52 Å². The molecule has 0 radical (unpaired) electrons. The first-order valence-electron chi connectivity index (χ1n) is 14.1. The molecule has 0 saturated carbocycles. The molecule has 1 aromatic heterocycles. The van der Waals surface area contributed by atoms with Crippen molar-refractivity contribution in [2.45, 2.75) is 19.8 Å². The smallest absolute Gasteiger partial charge is 0.136 e. The Morgan fingerprint density at radius 3 is 1.56 bits per heavy atom. The van der Waals surface area contributed by atoms with Crippen molar-refractivity contribution < 1.29 is 14.2 Å². The van der Waals surface area contributed by atoms with Crippen LogP contribution in [0.5, 0.6) is 17.2 Å². The van der Waals surface area contributed by atoms with E-state index in [1.807, 2.05) is 146 Å². The van der Waals surface area contributed by atoms with E-state index in [0.29, 0.717) is 25.0 Å². The number of halogens is 1. The van der Waals surface area contributed by atoms with Crippen molar-refractivity contribution in [2.75, 3.05) is 0 Å². The van der Waals surface area contributed by atoms with E-state index in [0.717, 1.165) is 56.0 Å². The number of hydrogen-bond donors (Lipinski definition) is 0. The van der Waals surface area contributed by atoms with Gasteiger partial charge in [0.15, 0.2) is 0 Å². The molecule has 0 saturated heterocycles. The summed E-state index contributed by atoms with van der Waals surface area (Å²) in [4.78, 5) is 4.65. The van der Waals surface area contributed by atoms with E-state index in [1.165, 1.54) is 0 Å². The second kappa shape index (κ2) is 13.7. The Hall–Kier alpha value is -5.06. The molecule has 0 bridgehead atoms. The van der Waals surface area contributed by atoms with Crippen molar-refractivity contribution in [2.24, 2.45) is 0 Å². The average molecular weight is 584 g/mol. The molecule has 0 fully saturated rings. The monoisotopic (exact) mass is 583 g/mol. The molecule has 1 heterocycles. The maximum Gasteiger partial charge on any atom is 0.136 e. The van der Waals surface area contributed by atoms with Gasteiger partial charge in [-0.15, -0.1) is 0 Å². The molecule has 0 spiro atoms. The number of aromatic nitrogens is 1. The Kier molecular flexibility index (Phi) is 8.97. The summed E-state index contributed by atoms with van der Waals surface area (Å²) in [5.74, 6) is 2.19. The number of fused-ring (bicyclic) bond motifs is 1. The SMILES string of the molecule is Clc1nc2cc(OCc3ccccc3)ccc2cc1/C=C/c1cc(OCc2ccccc2)cc(OCc2ccccc2)c1. The van der Waals surface area contributed by atoms with E-state index < -0.39 is 0 Å². The third-order valence-electron chi connectivity index (χ3n) is 6.87. The lowest BCUT2D eigenvalue weighted by Gasteiger charge is -2.12. The molecular formula is C38H30ClNO3. The fourth-order valence-corrected chi connectivity index (χ4v) is 4.82. The molecule has 5 heteroatoms. The highest BCUT2D eigenvalue weighted by Gasteiger charge is 2.07. The van der Waals surface area contributed by atoms with Gasteiger partial charge in [0.1, 0.15) is 42.2 Å². The standard InChI is InChI=1S/C38H30ClNO3/c39-38-33(22-32-18-19-34(24-37(32)40-38)41-25-28-10-4-1-5-11-28)17-16-31-20-35(42-26-29-12-6-2-7-13-29)23-36(21-31)43-27-30-14-8-3-9-15-30/h1-24H,25-27H2/b17-16+. The predicted molar refractivity (Wildman–Crippen MR) is 174 cm³/mol. The summed E-state index contributed by atoms with van der Waals surface area (Å²) in [6.07, 6.45) is 3.96. The summed E-state index contributed by atoms with van der Waals surface area (Å²) in [6, 6.07) is 44.1. The summed E-state index contributed by atoms with van der Waals surface area (Å²) in [5, 5.41) is 1.39. The Morgan fingerprint density at radius 1 is 0.512 bits per heavy atom. The third-order valence-corrected chi connectivity index (χ3v) is 7.18. The first kappa shape index (κ1) is 28.1. The van der Waals surface area contributed by atoms with Gasteiger partial charge in [-0.25, -0.2) is 4.98 Å². The minimum Gasteiger partial charge on any atom is -0.489 e. The van der Waals surface area contributed by atoms with Crippen LogP contribution >= 0.6 is 11.6 Å². The molecule has 0 N–H and O–H groups in total. The zero-order chi connectivity index (χ0) is 29.3. The van der Waals surface area contributed by atoms with Crippen LogP contribution in [0.4, 0.5) is 0 Å². The van der Waals surface area contributed by atoms with Crippen LogP contribution in [0.1, 0.15) is 27.8 Å². The van der Waals surface area contributed by atoms with Crippen LogP contribution in [-0.4, -0.2) is 4.98 Å². The van der Waals surface area contributed by atoms with Gasteiger partial charge in [-0.05, 0) is 52.6 Å². The van der Waals surface area contributed by atoms with E-state index in [2.05, 4.69) is 4.98 Å². The quantitative estimate of drug-likeness (QED) is 0.142. The van der Waals surface area contributed by atoms with Crippen LogP contribution in [0.25, 0.3) is 23.1 Å². The highest BCUT2D eigenvalue weighted by Crippen LogP contribution is 2.29. The molecule has 4 nitrogen and oxygen atoms in total. The van der Waals surface area contributed by atoms with Gasteiger partial charge in [0.2, 0.25) is 0 Å². The Balaban J connectivity index is 1.21. The second-order valence-corrected chi connectivity index (χ2v) is 10.5. The largest absolute Gasteiger partial charge is 0.489 e. The van der Waals surface area contributed by atoms with E-state index >= 15 is 0 Å². The highest BCUT2D eigenvalue weighted by atomic mass is 35.5. The Bertz CT molecular complexity index is 1760. The highest BCUT2D eigenvalue weighted by molar-refractivity contribution is 6.31. The summed E-state index contributed by atoms with van der Waals surface area (Å²) < 4.78 is 18.3. The first-order valence-corrected chi connectivity index (χ1v) is 14.5. The van der Waals surface area contributed by atoms with E-state index in [9.17, 15) is 0 Å². The van der Waals surface area contributed by atoms with Crippen LogP contribution in [0.15, 0.2) is 133 Å². The lowest BCUT2D eigenvalue weighted by atomic mass is 10.1. The lowest BCUT2D eigenvalue weighted by molar-refractivity contribution is 0.290. The predicted octanol–water partition coefficient (Wildman–Crippen LogP) is 9.80. The maximum atomic E-state index is 6.64. The number of pyridine rings is 1. The number of rotatable bonds is 11. The van der Waals surface area contributed by atoms with Crippen LogP contribution < -0.4 is 14.2 Å². The van der Waals surface area contributed by atoms with Gasteiger partial charge in [-0.2, -0.15) is 0 Å². The van der Waals surface area contributed by atoms with Crippen molar-refractivity contribution in [1.29, 1.82) is 0 Å². The van der Waals surface area contributed by atoms with E-state index in [4.69, 9.17) is 25.8 Å². The van der Waals surface area contributed by atoms with Crippen molar-refractivity contribution >= 4 is 34.7 Å². The van der Waals surface area contributed by atoms with Crippen LogP contribution in [0.2, 0.25) is 5.15 Å². The molecule has 212 valence electrons. The molecular weight excluding hydrogens is 554 g/mol. The van der Waals surface area contributed by atoms with Crippen LogP contribution in [0, 0.1) is 0 Å². The third kappa shape index (κ3) is 7.82. The normalized spacial score (nSPS) is 11.1. The second-order valence-electron chi connectivity index (χ2n) is 10.1. The molecule has 0 unspecified atom stereocenters. The fraction of sp³-hybridized carbons (Fsp3) is 0.0789. The molecule has 0 atom stereocenters. The maximum absolute atomic E-state index is 6.64. The van der Waals surface area contributed by atoms with Crippen molar-refractivity contribution in [3.63, 3.8) is 0 Å². The molecule has 0 aliphatic carbocycles. The number of ether oxygens (including phenoxy) is 3. The van der Waals surface area contributed by atoms with Gasteiger partial charge in [0, 0.05) is 23.1 Å². The van der Waals surface area contributed by atoms with Gasteiger partial charge >= 0.3 is 0 Å². The zero-order valence-corrected chi connectivity index (χ0v) is 24.3. The summed E-state index contributed by atoms with van der Waals surface area (Å²) in [7, 11) is 0. The van der Waals surface area contributed by atoms with Crippen molar-refractivity contribution in [1.82, 2.24) is 4.98 Å². The minimum atomic E-state index is 0.418. The molecule has 43 heavy (non-hydrogen) atoms. The number of benzene rings is 5. The first-order chi connectivity index (χ1) is 21.2. The topological polar surface area (TPSA) is 40.6 Å². The van der Waals surface area contributed by atoms with Gasteiger partial charge in [0.25, 0.3) is 0 Å². The number of hydrogen-bond acceptors (Lipinski definition) is 4. The molecule has 5 aromatic carbocycles. The summed E-state index contributed by atoms with van der Waals surface area (Å²) in [5.41, 5.74) is 5.82. The van der Waals surface area contributed by atoms with Crippen LogP contribution in [0.3, 0.4) is 0 Å². The van der Waals surface area contributed by atoms with Crippen LogP contribution in [-0.2, 0) is 19.8 Å². The molecule has 0 aliphatic rings. The Labute approximate surface area is 256 Å². The molecule has 6 rings (SSSR count). The number of nitrogens with zero attached hydrogens (tertiary/aromatic N) is 1. The lowest BCUT2D eigenvalue weighted by Crippen LogP contribution is -1.98. The molecule has 6 aromatic rings. The molecule has 0 aliphatic heterocycles. The van der Waals surface area contributed by atoms with E-state index in [-0.39, 0.29) is 0 Å².